The van der Waals surface area contributed by atoms with Gasteiger partial charge in [0.05, 0.1) is 5.41 Å². The van der Waals surface area contributed by atoms with E-state index in [0.717, 1.165) is 31.7 Å². The summed E-state index contributed by atoms with van der Waals surface area (Å²) < 4.78 is 0. The number of carbonyl (C=O) groups excluding carboxylic acids is 1. The van der Waals surface area contributed by atoms with Crippen LogP contribution in [0.15, 0.2) is 54.6 Å². The van der Waals surface area contributed by atoms with Gasteiger partial charge >= 0.3 is 0 Å². The Morgan fingerprint density at radius 1 is 0.958 bits per heavy atom. The molecule has 1 saturated heterocycles. The maximum absolute atomic E-state index is 13.0. The lowest BCUT2D eigenvalue weighted by molar-refractivity contribution is -0.136. The highest BCUT2D eigenvalue weighted by molar-refractivity contribution is 6.30. The third-order valence-electron chi connectivity index (χ3n) is 4.77. The quantitative estimate of drug-likeness (QED) is 0.842. The number of halogens is 1. The van der Waals surface area contributed by atoms with Crippen LogP contribution in [0.25, 0.3) is 0 Å². The van der Waals surface area contributed by atoms with Crippen molar-refractivity contribution in [3.8, 4) is 0 Å². The molecule has 2 aromatic rings. The van der Waals surface area contributed by atoms with Crippen molar-refractivity contribution in [1.82, 2.24) is 4.90 Å². The molecule has 1 heterocycles. The van der Waals surface area contributed by atoms with Crippen molar-refractivity contribution in [3.05, 3.63) is 65.2 Å². The maximum atomic E-state index is 13.0. The number of piperazine rings is 1. The number of rotatable bonds is 3. The zero-order valence-electron chi connectivity index (χ0n) is 14.2. The molecule has 0 atom stereocenters. The van der Waals surface area contributed by atoms with E-state index in [0.29, 0.717) is 5.02 Å². The summed E-state index contributed by atoms with van der Waals surface area (Å²) in [6.45, 7) is 7.17. The first-order valence-electron chi connectivity index (χ1n) is 8.34. The average molecular weight is 343 g/mol. The van der Waals surface area contributed by atoms with Gasteiger partial charge in [-0.3, -0.25) is 4.79 Å². The van der Waals surface area contributed by atoms with Crippen molar-refractivity contribution in [2.24, 2.45) is 0 Å². The van der Waals surface area contributed by atoms with Gasteiger partial charge in [0.1, 0.15) is 0 Å². The molecule has 0 N–H and O–H groups in total. The van der Waals surface area contributed by atoms with Crippen LogP contribution in [0.4, 0.5) is 5.69 Å². The first-order chi connectivity index (χ1) is 11.5. The number of hydrogen-bond donors (Lipinski definition) is 0. The number of nitrogens with zero attached hydrogens (tertiary/aromatic N) is 2. The molecule has 0 bridgehead atoms. The smallest absolute Gasteiger partial charge is 0.232 e. The molecule has 0 aromatic heterocycles. The Morgan fingerprint density at radius 2 is 1.62 bits per heavy atom. The van der Waals surface area contributed by atoms with Gasteiger partial charge in [0.15, 0.2) is 0 Å². The largest absolute Gasteiger partial charge is 0.368 e. The maximum Gasteiger partial charge on any atom is 0.232 e. The highest BCUT2D eigenvalue weighted by atomic mass is 35.5. The highest BCUT2D eigenvalue weighted by Gasteiger charge is 2.35. The second-order valence-electron chi connectivity index (χ2n) is 6.75. The number of amides is 1. The summed E-state index contributed by atoms with van der Waals surface area (Å²) in [6.07, 6.45) is 0. The Balaban J connectivity index is 1.68. The van der Waals surface area contributed by atoms with E-state index in [-0.39, 0.29) is 5.91 Å². The van der Waals surface area contributed by atoms with Crippen molar-refractivity contribution in [2.75, 3.05) is 31.1 Å². The minimum atomic E-state index is -0.570. The molecule has 1 aliphatic heterocycles. The van der Waals surface area contributed by atoms with E-state index in [1.165, 1.54) is 5.69 Å². The minimum absolute atomic E-state index is 0.164. The molecule has 0 spiro atoms. The molecule has 24 heavy (non-hydrogen) atoms. The Morgan fingerprint density at radius 3 is 2.25 bits per heavy atom. The van der Waals surface area contributed by atoms with E-state index in [9.17, 15) is 4.79 Å². The predicted octanol–water partition coefficient (Wildman–Crippen LogP) is 3.97. The van der Waals surface area contributed by atoms with Gasteiger partial charge in [0, 0.05) is 36.9 Å². The van der Waals surface area contributed by atoms with Crippen molar-refractivity contribution in [3.63, 3.8) is 0 Å². The molecular formula is C20H23ClN2O. The number of hydrogen-bond acceptors (Lipinski definition) is 2. The second-order valence-corrected chi connectivity index (χ2v) is 7.19. The fourth-order valence-electron chi connectivity index (χ4n) is 3.20. The lowest BCUT2D eigenvalue weighted by atomic mass is 9.83. The molecule has 3 nitrogen and oxygen atoms in total. The fraction of sp³-hybridized carbons (Fsp3) is 0.350. The Hall–Kier alpha value is -2.00. The average Bonchev–Trinajstić information content (AvgIpc) is 2.62. The van der Waals surface area contributed by atoms with E-state index in [1.54, 1.807) is 0 Å². The van der Waals surface area contributed by atoms with Crippen molar-refractivity contribution >= 4 is 23.2 Å². The predicted molar refractivity (Wildman–Crippen MR) is 99.7 cm³/mol. The van der Waals surface area contributed by atoms with Gasteiger partial charge in [-0.2, -0.15) is 0 Å². The molecule has 2 aromatic carbocycles. The Kier molecular flexibility index (Phi) is 4.81. The van der Waals surface area contributed by atoms with E-state index in [4.69, 9.17) is 11.6 Å². The van der Waals surface area contributed by atoms with Crippen LogP contribution in [-0.2, 0) is 10.2 Å². The van der Waals surface area contributed by atoms with Crippen LogP contribution in [0.2, 0.25) is 5.02 Å². The molecule has 4 heteroatoms. The summed E-state index contributed by atoms with van der Waals surface area (Å²) in [4.78, 5) is 17.3. The van der Waals surface area contributed by atoms with Gasteiger partial charge in [-0.15, -0.1) is 0 Å². The van der Waals surface area contributed by atoms with E-state index in [2.05, 4.69) is 29.2 Å². The number of benzene rings is 2. The van der Waals surface area contributed by atoms with E-state index >= 15 is 0 Å². The molecule has 0 radical (unpaired) electrons. The highest BCUT2D eigenvalue weighted by Crippen LogP contribution is 2.28. The third kappa shape index (κ3) is 3.41. The zero-order valence-corrected chi connectivity index (χ0v) is 15.0. The normalized spacial score (nSPS) is 15.5. The monoisotopic (exact) mass is 342 g/mol. The first kappa shape index (κ1) is 16.8. The van der Waals surface area contributed by atoms with Crippen molar-refractivity contribution in [1.29, 1.82) is 0 Å². The van der Waals surface area contributed by atoms with Crippen LogP contribution >= 0.6 is 11.6 Å². The topological polar surface area (TPSA) is 23.6 Å². The van der Waals surface area contributed by atoms with Gasteiger partial charge in [0.25, 0.3) is 0 Å². The van der Waals surface area contributed by atoms with Crippen LogP contribution < -0.4 is 4.90 Å². The zero-order chi connectivity index (χ0) is 17.2. The van der Waals surface area contributed by atoms with Gasteiger partial charge in [-0.05, 0) is 43.7 Å². The number of para-hydroxylation sites is 1. The summed E-state index contributed by atoms with van der Waals surface area (Å²) in [7, 11) is 0. The van der Waals surface area contributed by atoms with Crippen LogP contribution in [-0.4, -0.2) is 37.0 Å². The number of carbonyl (C=O) groups is 1. The van der Waals surface area contributed by atoms with Crippen molar-refractivity contribution in [2.45, 2.75) is 19.3 Å². The molecule has 126 valence electrons. The summed E-state index contributed by atoms with van der Waals surface area (Å²) >= 11 is 6.10. The molecule has 1 fully saturated rings. The minimum Gasteiger partial charge on any atom is -0.368 e. The summed E-state index contributed by atoms with van der Waals surface area (Å²) in [5.41, 5.74) is 1.61. The lowest BCUT2D eigenvalue weighted by Gasteiger charge is -2.39. The summed E-state index contributed by atoms with van der Waals surface area (Å²) in [6, 6.07) is 18.0. The Labute approximate surface area is 148 Å². The summed E-state index contributed by atoms with van der Waals surface area (Å²) in [5, 5.41) is 0.669. The van der Waals surface area contributed by atoms with Gasteiger partial charge in [-0.25, -0.2) is 0 Å². The third-order valence-corrected chi connectivity index (χ3v) is 5.00. The fourth-order valence-corrected chi connectivity index (χ4v) is 3.39. The van der Waals surface area contributed by atoms with Gasteiger partial charge in [-0.1, -0.05) is 41.9 Å². The SMILES string of the molecule is CC(C)(C(=O)N1CCN(c2ccccc2)CC1)c1cccc(Cl)c1. The number of anilines is 1. The van der Waals surface area contributed by atoms with Crippen LogP contribution in [0.1, 0.15) is 19.4 Å². The Bertz CT molecular complexity index is 707. The molecule has 0 aliphatic carbocycles. The molecule has 3 rings (SSSR count). The van der Waals surface area contributed by atoms with Gasteiger partial charge in [0.2, 0.25) is 5.91 Å². The summed E-state index contributed by atoms with van der Waals surface area (Å²) in [5.74, 6) is 0.164. The van der Waals surface area contributed by atoms with Crippen molar-refractivity contribution < 1.29 is 4.79 Å². The van der Waals surface area contributed by atoms with Gasteiger partial charge < -0.3 is 9.80 Å². The first-order valence-corrected chi connectivity index (χ1v) is 8.72. The second kappa shape index (κ2) is 6.86. The molecule has 0 saturated carbocycles. The molecule has 1 aliphatic rings. The lowest BCUT2D eigenvalue weighted by Crippen LogP contribution is -2.53. The van der Waals surface area contributed by atoms with Crippen LogP contribution in [0.3, 0.4) is 0 Å². The van der Waals surface area contributed by atoms with E-state index < -0.39 is 5.41 Å². The van der Waals surface area contributed by atoms with Crippen LogP contribution in [0.5, 0.6) is 0 Å². The standard InChI is InChI=1S/C20H23ClN2O/c1-20(2,16-7-6-8-17(21)15-16)19(24)23-13-11-22(12-14-23)18-9-4-3-5-10-18/h3-10,15H,11-14H2,1-2H3. The molecule has 0 unspecified atom stereocenters. The van der Waals surface area contributed by atoms with Crippen LogP contribution in [0, 0.1) is 0 Å². The molecule has 1 amide bonds. The molecular weight excluding hydrogens is 320 g/mol. The van der Waals surface area contributed by atoms with E-state index in [1.807, 2.05) is 49.1 Å².